The normalized spacial score (nSPS) is 11.7. The maximum atomic E-state index is 13.5. The summed E-state index contributed by atoms with van der Waals surface area (Å²) in [4.78, 5) is 24.3. The van der Waals surface area contributed by atoms with Gasteiger partial charge in [-0.2, -0.15) is 31.4 Å². The summed E-state index contributed by atoms with van der Waals surface area (Å²) in [6.07, 6.45) is -5.42. The van der Waals surface area contributed by atoms with Crippen molar-refractivity contribution in [2.75, 3.05) is 16.4 Å². The Morgan fingerprint density at radius 3 is 2.18 bits per heavy atom. The van der Waals surface area contributed by atoms with Crippen molar-refractivity contribution in [3.8, 4) is 28.6 Å². The molecule has 0 atom stereocenters. The van der Waals surface area contributed by atoms with Crippen molar-refractivity contribution in [3.63, 3.8) is 0 Å². The number of halogens is 7. The largest absolute Gasteiger partial charge is 0.435 e. The van der Waals surface area contributed by atoms with Gasteiger partial charge < -0.3 is 21.1 Å². The lowest BCUT2D eigenvalue weighted by Crippen LogP contribution is -2.21. The topological polar surface area (TPSA) is 133 Å². The second kappa shape index (κ2) is 11.5. The van der Waals surface area contributed by atoms with Gasteiger partial charge in [0.1, 0.15) is 17.4 Å². The molecular formula is C27H17F7N8O2. The molecule has 44 heavy (non-hydrogen) atoms. The number of alkyl halides is 6. The Kier molecular flexibility index (Phi) is 7.78. The molecule has 0 saturated carbocycles. The fourth-order valence-corrected chi connectivity index (χ4v) is 3.83. The molecule has 226 valence electrons. The van der Waals surface area contributed by atoms with Gasteiger partial charge in [-0.05, 0) is 48.0 Å². The average molecular weight is 618 g/mol. The van der Waals surface area contributed by atoms with E-state index in [1.807, 2.05) is 0 Å². The quantitative estimate of drug-likeness (QED) is 0.176. The van der Waals surface area contributed by atoms with Gasteiger partial charge in [0, 0.05) is 11.8 Å². The minimum absolute atomic E-state index is 0.00579. The van der Waals surface area contributed by atoms with Crippen LogP contribution in [0.2, 0.25) is 0 Å². The van der Waals surface area contributed by atoms with E-state index in [1.165, 1.54) is 6.07 Å². The van der Waals surface area contributed by atoms with E-state index in [1.54, 1.807) is 24.3 Å². The monoisotopic (exact) mass is 618 g/mol. The van der Waals surface area contributed by atoms with Crippen molar-refractivity contribution in [2.24, 2.45) is 0 Å². The summed E-state index contributed by atoms with van der Waals surface area (Å²) in [7, 11) is 0. The minimum Gasteiger partial charge on any atom is -0.424 e. The van der Waals surface area contributed by atoms with Gasteiger partial charge in [-0.25, -0.2) is 28.8 Å². The van der Waals surface area contributed by atoms with E-state index in [-0.39, 0.29) is 23.2 Å². The lowest BCUT2D eigenvalue weighted by molar-refractivity contribution is -0.141. The number of anilines is 3. The highest BCUT2D eigenvalue weighted by molar-refractivity contribution is 6.00. The van der Waals surface area contributed by atoms with Gasteiger partial charge >= 0.3 is 24.4 Å². The molecule has 2 aromatic carbocycles. The summed E-state index contributed by atoms with van der Waals surface area (Å²) < 4.78 is 98.7. The van der Waals surface area contributed by atoms with Gasteiger partial charge in [0.2, 0.25) is 0 Å². The number of nitrogens with one attached hydrogen (secondary N) is 2. The number of rotatable bonds is 6. The Morgan fingerprint density at radius 1 is 0.841 bits per heavy atom. The first-order valence-corrected chi connectivity index (χ1v) is 12.2. The van der Waals surface area contributed by atoms with Crippen LogP contribution in [-0.2, 0) is 12.4 Å². The lowest BCUT2D eigenvalue weighted by Gasteiger charge is -2.15. The second-order valence-electron chi connectivity index (χ2n) is 8.92. The van der Waals surface area contributed by atoms with E-state index < -0.39 is 41.1 Å². The first-order valence-electron chi connectivity index (χ1n) is 12.2. The van der Waals surface area contributed by atoms with Crippen LogP contribution in [-0.4, -0.2) is 30.8 Å². The molecule has 10 nitrogen and oxygen atoms in total. The maximum Gasteiger partial charge on any atom is 0.435 e. The summed E-state index contributed by atoms with van der Waals surface area (Å²) >= 11 is 0. The third-order valence-electron chi connectivity index (χ3n) is 5.84. The zero-order chi connectivity index (χ0) is 31.6. The van der Waals surface area contributed by atoms with Gasteiger partial charge in [0.25, 0.3) is 0 Å². The molecule has 0 saturated heterocycles. The lowest BCUT2D eigenvalue weighted by atomic mass is 10.1. The van der Waals surface area contributed by atoms with E-state index >= 15 is 0 Å². The van der Waals surface area contributed by atoms with Gasteiger partial charge in [0.15, 0.2) is 5.69 Å². The number of aromatic nitrogens is 5. The summed E-state index contributed by atoms with van der Waals surface area (Å²) in [5, 5.41) is 7.84. The molecule has 2 amide bonds. The van der Waals surface area contributed by atoms with Crippen molar-refractivity contribution in [1.82, 2.24) is 24.7 Å². The number of nitrogens with zero attached hydrogens (tertiary/aromatic N) is 5. The number of amides is 2. The van der Waals surface area contributed by atoms with E-state index in [0.29, 0.717) is 39.8 Å². The van der Waals surface area contributed by atoms with Crippen molar-refractivity contribution in [1.29, 1.82) is 0 Å². The van der Waals surface area contributed by atoms with Crippen molar-refractivity contribution in [2.45, 2.75) is 12.4 Å². The molecule has 0 aliphatic heterocycles. The highest BCUT2D eigenvalue weighted by Crippen LogP contribution is 2.35. The highest BCUT2D eigenvalue weighted by atomic mass is 19.4. The van der Waals surface area contributed by atoms with Crippen LogP contribution in [0.1, 0.15) is 11.3 Å². The molecule has 0 radical (unpaired) electrons. The Balaban J connectivity index is 1.28. The molecule has 0 aliphatic carbocycles. The Morgan fingerprint density at radius 2 is 1.55 bits per heavy atom. The molecule has 5 aromatic rings. The number of hydrogen-bond acceptors (Lipinski definition) is 7. The Hall–Kier alpha value is -5.74. The first kappa shape index (κ1) is 29.7. The standard InChI is InChI=1S/C27H17F7N8O2/c28-16-10-19(23(35)36-11-16)14-1-4-18(5-2-14)44-25-37-12-17(13-38-25)39-24(43)40-20-9-15(26(29,30)31)3-6-21(20)42-8-7-22(41-42)27(32,33)34/h1-13H,(H2,35,36)(H2,39,40,43). The van der Waals surface area contributed by atoms with Crippen LogP contribution in [0.15, 0.2) is 79.4 Å². The predicted octanol–water partition coefficient (Wildman–Crippen LogP) is 6.92. The molecule has 3 aromatic heterocycles. The maximum absolute atomic E-state index is 13.5. The SMILES string of the molecule is Nc1ncc(F)cc1-c1ccc(Oc2ncc(NC(=O)Nc3cc(C(F)(F)F)ccc3-n3ccc(C(F)(F)F)n3)cn2)cc1. The number of carbonyl (C=O) groups is 1. The van der Waals surface area contributed by atoms with Crippen LogP contribution < -0.4 is 21.1 Å². The van der Waals surface area contributed by atoms with E-state index in [2.05, 4.69) is 30.7 Å². The predicted molar refractivity (Wildman–Crippen MR) is 142 cm³/mol. The molecule has 4 N–H and O–H groups in total. The fourth-order valence-electron chi connectivity index (χ4n) is 3.83. The highest BCUT2D eigenvalue weighted by Gasteiger charge is 2.34. The second-order valence-corrected chi connectivity index (χ2v) is 8.92. The summed E-state index contributed by atoms with van der Waals surface area (Å²) in [6.45, 7) is 0. The van der Waals surface area contributed by atoms with Gasteiger partial charge in [0.05, 0.1) is 41.2 Å². The Bertz CT molecular complexity index is 1810. The van der Waals surface area contributed by atoms with Crippen LogP contribution in [0.3, 0.4) is 0 Å². The fraction of sp³-hybridized carbons (Fsp3) is 0.0741. The average Bonchev–Trinajstić information content (AvgIpc) is 3.46. The van der Waals surface area contributed by atoms with E-state index in [4.69, 9.17) is 10.5 Å². The molecule has 3 heterocycles. The minimum atomic E-state index is -4.80. The van der Waals surface area contributed by atoms with Crippen LogP contribution in [0, 0.1) is 5.82 Å². The van der Waals surface area contributed by atoms with E-state index in [0.717, 1.165) is 30.9 Å². The molecule has 0 bridgehead atoms. The number of pyridine rings is 1. The molecule has 0 spiro atoms. The summed E-state index contributed by atoms with van der Waals surface area (Å²) in [6, 6.07) is 9.07. The molecule has 0 aliphatic rings. The molecule has 0 unspecified atom stereocenters. The van der Waals surface area contributed by atoms with Crippen LogP contribution in [0.4, 0.5) is 52.7 Å². The zero-order valence-corrected chi connectivity index (χ0v) is 21.8. The summed E-state index contributed by atoms with van der Waals surface area (Å²) in [5.74, 6) is -0.116. The number of hydrogen-bond donors (Lipinski definition) is 3. The number of carbonyl (C=O) groups excluding carboxylic acids is 1. The third-order valence-corrected chi connectivity index (χ3v) is 5.84. The number of urea groups is 1. The number of nitrogen functional groups attached to an aromatic ring is 1. The van der Waals surface area contributed by atoms with Gasteiger partial charge in [-0.3, -0.25) is 0 Å². The van der Waals surface area contributed by atoms with Crippen LogP contribution >= 0.6 is 0 Å². The summed E-state index contributed by atoms with van der Waals surface area (Å²) in [5.41, 5.74) is 3.59. The molecular weight excluding hydrogens is 601 g/mol. The number of benzene rings is 2. The molecule has 17 heteroatoms. The molecule has 5 rings (SSSR count). The van der Waals surface area contributed by atoms with Gasteiger partial charge in [-0.1, -0.05) is 12.1 Å². The zero-order valence-electron chi connectivity index (χ0n) is 21.8. The number of ether oxygens (including phenoxy) is 1. The van der Waals surface area contributed by atoms with E-state index in [9.17, 15) is 35.5 Å². The third kappa shape index (κ3) is 6.83. The smallest absolute Gasteiger partial charge is 0.424 e. The first-order chi connectivity index (χ1) is 20.8. The van der Waals surface area contributed by atoms with Crippen molar-refractivity contribution < 1.29 is 40.3 Å². The van der Waals surface area contributed by atoms with Crippen LogP contribution in [0.25, 0.3) is 16.8 Å². The Labute approximate surface area is 242 Å². The van der Waals surface area contributed by atoms with Crippen molar-refractivity contribution >= 4 is 23.2 Å². The van der Waals surface area contributed by atoms with Crippen molar-refractivity contribution in [3.05, 3.63) is 96.5 Å². The number of nitrogens with two attached hydrogens (primary N) is 1. The molecule has 0 fully saturated rings. The van der Waals surface area contributed by atoms with Gasteiger partial charge in [-0.15, -0.1) is 0 Å². The van der Waals surface area contributed by atoms with Crippen LogP contribution in [0.5, 0.6) is 11.8 Å².